The number of rotatable bonds is 6. The van der Waals surface area contributed by atoms with Crippen LogP contribution in [0.15, 0.2) is 18.2 Å². The molecule has 0 amide bonds. The molecule has 0 bridgehead atoms. The first-order chi connectivity index (χ1) is 15.4. The minimum atomic E-state index is -2.76. The van der Waals surface area contributed by atoms with Crippen molar-refractivity contribution in [3.05, 3.63) is 29.3 Å². The van der Waals surface area contributed by atoms with E-state index in [4.69, 9.17) is 14.2 Å². The standard InChI is InChI=1S/C22H34O11/c1-9(2)11-5-4-10(3)13(6-11)32-21-22(30,19(28)16(26)14(7-23)33-21)20(29)18-17(27)15(25)12(24)8-31-18/h4-6,9,12,14-21,23-30H,7-8H2,1-3H3/t12-,14+,15+,16+,17-,18-,19-,20?,21-,22-/m0/s1. The lowest BCUT2D eigenvalue weighted by Crippen LogP contribution is -2.76. The van der Waals surface area contributed by atoms with Gasteiger partial charge in [0.1, 0.15) is 54.6 Å². The number of ether oxygens (including phenoxy) is 3. The molecular formula is C22H34O11. The van der Waals surface area contributed by atoms with E-state index in [9.17, 15) is 40.9 Å². The van der Waals surface area contributed by atoms with Crippen molar-refractivity contribution >= 4 is 0 Å². The van der Waals surface area contributed by atoms with E-state index in [-0.39, 0.29) is 11.7 Å². The Balaban J connectivity index is 1.99. The number of hydrogen-bond acceptors (Lipinski definition) is 11. The van der Waals surface area contributed by atoms with Gasteiger partial charge in [0, 0.05) is 0 Å². The molecular weight excluding hydrogens is 440 g/mol. The number of benzene rings is 1. The Morgan fingerprint density at radius 2 is 1.76 bits per heavy atom. The first-order valence-electron chi connectivity index (χ1n) is 10.9. The molecule has 33 heavy (non-hydrogen) atoms. The second kappa shape index (κ2) is 10.1. The number of aryl methyl sites for hydroxylation is 1. The van der Waals surface area contributed by atoms with E-state index < -0.39 is 73.9 Å². The predicted octanol–water partition coefficient (Wildman–Crippen LogP) is -2.49. The molecule has 2 aliphatic heterocycles. The van der Waals surface area contributed by atoms with Crippen LogP contribution in [0.1, 0.15) is 30.9 Å². The van der Waals surface area contributed by atoms with Crippen LogP contribution in [0.5, 0.6) is 5.75 Å². The molecule has 0 radical (unpaired) electrons. The van der Waals surface area contributed by atoms with Gasteiger partial charge in [-0.1, -0.05) is 26.0 Å². The molecule has 2 aliphatic rings. The van der Waals surface area contributed by atoms with E-state index in [1.165, 1.54) is 0 Å². The Kier molecular flexibility index (Phi) is 8.01. The summed E-state index contributed by atoms with van der Waals surface area (Å²) < 4.78 is 16.7. The van der Waals surface area contributed by atoms with E-state index >= 15 is 0 Å². The summed E-state index contributed by atoms with van der Waals surface area (Å²) in [5, 5.41) is 83.2. The second-order valence-corrected chi connectivity index (χ2v) is 9.10. The fourth-order valence-corrected chi connectivity index (χ4v) is 4.14. The van der Waals surface area contributed by atoms with Crippen LogP contribution in [0.4, 0.5) is 0 Å². The third-order valence-electron chi connectivity index (χ3n) is 6.47. The van der Waals surface area contributed by atoms with E-state index in [0.29, 0.717) is 5.56 Å². The van der Waals surface area contributed by atoms with Crippen molar-refractivity contribution in [1.82, 2.24) is 0 Å². The maximum atomic E-state index is 11.5. The lowest BCUT2D eigenvalue weighted by molar-refractivity contribution is -0.357. The monoisotopic (exact) mass is 474 g/mol. The third kappa shape index (κ3) is 4.76. The highest BCUT2D eigenvalue weighted by Crippen LogP contribution is 2.38. The van der Waals surface area contributed by atoms with E-state index in [0.717, 1.165) is 5.56 Å². The van der Waals surface area contributed by atoms with Crippen molar-refractivity contribution in [2.45, 2.75) is 87.4 Å². The molecule has 188 valence electrons. The fraction of sp³-hybridized carbons (Fsp3) is 0.727. The Labute approximate surface area is 191 Å². The first-order valence-corrected chi connectivity index (χ1v) is 10.9. The topological polar surface area (TPSA) is 190 Å². The summed E-state index contributed by atoms with van der Waals surface area (Å²) in [7, 11) is 0. The van der Waals surface area contributed by atoms with Gasteiger partial charge in [-0.05, 0) is 30.0 Å². The van der Waals surface area contributed by atoms with Crippen LogP contribution < -0.4 is 4.74 Å². The average molecular weight is 475 g/mol. The molecule has 1 aromatic rings. The van der Waals surface area contributed by atoms with Gasteiger partial charge in [0.2, 0.25) is 6.29 Å². The van der Waals surface area contributed by atoms with E-state index in [2.05, 4.69) is 0 Å². The van der Waals surface area contributed by atoms with Gasteiger partial charge in [0.05, 0.1) is 13.2 Å². The van der Waals surface area contributed by atoms with Crippen LogP contribution in [0, 0.1) is 6.92 Å². The fourth-order valence-electron chi connectivity index (χ4n) is 4.14. The molecule has 1 unspecified atom stereocenters. The van der Waals surface area contributed by atoms with Gasteiger partial charge in [-0.25, -0.2) is 0 Å². The molecule has 2 heterocycles. The first kappa shape index (κ1) is 26.2. The largest absolute Gasteiger partial charge is 0.461 e. The molecule has 2 fully saturated rings. The highest BCUT2D eigenvalue weighted by atomic mass is 16.7. The van der Waals surface area contributed by atoms with Crippen molar-refractivity contribution in [1.29, 1.82) is 0 Å². The smallest absolute Gasteiger partial charge is 0.234 e. The summed E-state index contributed by atoms with van der Waals surface area (Å²) in [6.45, 7) is 4.49. The molecule has 8 N–H and O–H groups in total. The zero-order valence-electron chi connectivity index (χ0n) is 18.7. The summed E-state index contributed by atoms with van der Waals surface area (Å²) >= 11 is 0. The molecule has 0 saturated carbocycles. The highest BCUT2D eigenvalue weighted by Gasteiger charge is 2.63. The molecule has 3 rings (SSSR count). The Bertz CT molecular complexity index is 805. The molecule has 0 aliphatic carbocycles. The van der Waals surface area contributed by atoms with Crippen LogP contribution in [-0.2, 0) is 9.47 Å². The maximum absolute atomic E-state index is 11.5. The second-order valence-electron chi connectivity index (χ2n) is 9.10. The van der Waals surface area contributed by atoms with Crippen LogP contribution in [-0.4, -0.2) is 115 Å². The SMILES string of the molecule is Cc1ccc(C(C)C)cc1O[C@H]1O[C@H](CO)[C@@H](O)[C@H](O)[C@]1(O)C(O)[C@H]1OC[C@H](O)[C@@H](O)[C@@H]1O. The number of aliphatic hydroxyl groups is 8. The van der Waals surface area contributed by atoms with Gasteiger partial charge in [0.15, 0.2) is 5.60 Å². The minimum absolute atomic E-state index is 0.140. The Morgan fingerprint density at radius 3 is 2.36 bits per heavy atom. The van der Waals surface area contributed by atoms with Crippen molar-refractivity contribution in [3.8, 4) is 5.75 Å². The third-order valence-corrected chi connectivity index (χ3v) is 6.47. The summed E-state index contributed by atoms with van der Waals surface area (Å²) in [6.07, 6.45) is -15.9. The van der Waals surface area contributed by atoms with Crippen molar-refractivity contribution < 1.29 is 55.1 Å². The van der Waals surface area contributed by atoms with E-state index in [1.54, 1.807) is 19.1 Å². The van der Waals surface area contributed by atoms with E-state index in [1.807, 2.05) is 19.9 Å². The number of hydrogen-bond donors (Lipinski definition) is 8. The highest BCUT2D eigenvalue weighted by molar-refractivity contribution is 5.38. The van der Waals surface area contributed by atoms with Crippen molar-refractivity contribution in [3.63, 3.8) is 0 Å². The maximum Gasteiger partial charge on any atom is 0.234 e. The molecule has 2 saturated heterocycles. The van der Waals surface area contributed by atoms with Gasteiger partial charge in [-0.2, -0.15) is 0 Å². The van der Waals surface area contributed by atoms with Crippen LogP contribution in [0.3, 0.4) is 0 Å². The van der Waals surface area contributed by atoms with Crippen LogP contribution in [0.2, 0.25) is 0 Å². The van der Waals surface area contributed by atoms with Gasteiger partial charge in [-0.3, -0.25) is 0 Å². The quantitative estimate of drug-likeness (QED) is 0.218. The van der Waals surface area contributed by atoms with Gasteiger partial charge in [0.25, 0.3) is 0 Å². The summed E-state index contributed by atoms with van der Waals surface area (Å²) in [6, 6.07) is 5.38. The average Bonchev–Trinajstić information content (AvgIpc) is 2.78. The summed E-state index contributed by atoms with van der Waals surface area (Å²) in [5.74, 6) is 0.402. The zero-order valence-corrected chi connectivity index (χ0v) is 18.7. The predicted molar refractivity (Wildman–Crippen MR) is 112 cm³/mol. The molecule has 0 aromatic heterocycles. The summed E-state index contributed by atoms with van der Waals surface area (Å²) in [5.41, 5.74) is -1.22. The van der Waals surface area contributed by atoms with Crippen LogP contribution in [0.25, 0.3) is 0 Å². The normalized spacial score (nSPS) is 40.6. The van der Waals surface area contributed by atoms with Gasteiger partial charge in [-0.15, -0.1) is 0 Å². The molecule has 0 spiro atoms. The minimum Gasteiger partial charge on any atom is -0.461 e. The lowest BCUT2D eigenvalue weighted by atomic mass is 9.77. The summed E-state index contributed by atoms with van der Waals surface area (Å²) in [4.78, 5) is 0. The Hall–Kier alpha value is -1.38. The molecule has 11 nitrogen and oxygen atoms in total. The number of aliphatic hydroxyl groups excluding tert-OH is 7. The Morgan fingerprint density at radius 1 is 1.09 bits per heavy atom. The van der Waals surface area contributed by atoms with Crippen molar-refractivity contribution in [2.24, 2.45) is 0 Å². The van der Waals surface area contributed by atoms with Crippen molar-refractivity contribution in [2.75, 3.05) is 13.2 Å². The molecule has 1 aromatic carbocycles. The van der Waals surface area contributed by atoms with Gasteiger partial charge >= 0.3 is 0 Å². The molecule has 10 atom stereocenters. The van der Waals surface area contributed by atoms with Gasteiger partial charge < -0.3 is 55.1 Å². The molecule has 11 heteroatoms. The lowest BCUT2D eigenvalue weighted by Gasteiger charge is -2.52. The zero-order chi connectivity index (χ0) is 24.7. The van der Waals surface area contributed by atoms with Crippen LogP contribution >= 0.6 is 0 Å².